The SMILES string of the molecule is C=CC1CC1(NC(=O)C1CC(Oc2ncc(OC)c3ccc(Cl)cc23)CN1C(=O)OC(C)(C)C)C(=O)NS(=O)(=O)C1CC1. The number of amides is 3. The number of fused-ring (bicyclic) bond motifs is 1. The van der Waals surface area contributed by atoms with Gasteiger partial charge in [0.1, 0.15) is 29.0 Å². The van der Waals surface area contributed by atoms with E-state index in [0.717, 1.165) is 0 Å². The molecule has 12 nitrogen and oxygen atoms in total. The van der Waals surface area contributed by atoms with Crippen LogP contribution in [0.15, 0.2) is 37.1 Å². The topological polar surface area (TPSA) is 153 Å². The Bertz CT molecular complexity index is 1590. The summed E-state index contributed by atoms with van der Waals surface area (Å²) in [5.41, 5.74) is -2.34. The van der Waals surface area contributed by atoms with Gasteiger partial charge >= 0.3 is 6.09 Å². The maximum Gasteiger partial charge on any atom is 0.411 e. The Labute approximate surface area is 255 Å². The molecule has 1 aliphatic heterocycles. The number of carbonyl (C=O) groups excluding carboxylic acids is 3. The van der Waals surface area contributed by atoms with Crippen LogP contribution in [0.5, 0.6) is 11.6 Å². The van der Waals surface area contributed by atoms with Gasteiger partial charge in [0.05, 0.1) is 25.1 Å². The Morgan fingerprint density at radius 3 is 2.53 bits per heavy atom. The van der Waals surface area contributed by atoms with Crippen LogP contribution in [-0.2, 0) is 24.3 Å². The first kappa shape index (κ1) is 30.9. The maximum atomic E-state index is 13.8. The average Bonchev–Trinajstić information content (AvgIpc) is 3.85. The summed E-state index contributed by atoms with van der Waals surface area (Å²) < 4.78 is 44.3. The molecule has 4 unspecified atom stereocenters. The number of carbonyl (C=O) groups is 3. The lowest BCUT2D eigenvalue weighted by atomic mass is 10.1. The number of methoxy groups -OCH3 is 1. The molecular formula is C29H35ClN4O8S. The van der Waals surface area contributed by atoms with Gasteiger partial charge < -0.3 is 19.5 Å². The lowest BCUT2D eigenvalue weighted by Crippen LogP contribution is -2.56. The number of nitrogens with zero attached hydrogens (tertiary/aromatic N) is 2. The largest absolute Gasteiger partial charge is 0.494 e. The van der Waals surface area contributed by atoms with Gasteiger partial charge in [-0.05, 0) is 58.2 Å². The van der Waals surface area contributed by atoms with E-state index in [1.807, 2.05) is 0 Å². The number of hydrogen-bond acceptors (Lipinski definition) is 9. The molecule has 0 bridgehead atoms. The number of likely N-dealkylation sites (tertiary alicyclic amines) is 1. The zero-order valence-corrected chi connectivity index (χ0v) is 26.0. The number of ether oxygens (including phenoxy) is 3. The van der Waals surface area contributed by atoms with E-state index in [1.165, 1.54) is 24.3 Å². The molecule has 3 amide bonds. The van der Waals surface area contributed by atoms with Gasteiger partial charge in [0, 0.05) is 28.1 Å². The third-order valence-corrected chi connectivity index (χ3v) is 9.77. The Morgan fingerprint density at radius 1 is 1.21 bits per heavy atom. The highest BCUT2D eigenvalue weighted by molar-refractivity contribution is 7.91. The van der Waals surface area contributed by atoms with Crippen molar-refractivity contribution in [3.05, 3.63) is 42.1 Å². The van der Waals surface area contributed by atoms with E-state index in [4.69, 9.17) is 25.8 Å². The van der Waals surface area contributed by atoms with E-state index in [0.29, 0.717) is 34.4 Å². The Balaban J connectivity index is 1.39. The fourth-order valence-electron chi connectivity index (χ4n) is 5.25. The molecule has 0 radical (unpaired) electrons. The molecule has 43 heavy (non-hydrogen) atoms. The quantitative estimate of drug-likeness (QED) is 0.396. The Hall–Kier alpha value is -3.58. The van der Waals surface area contributed by atoms with E-state index < -0.39 is 62.4 Å². The number of hydrogen-bond donors (Lipinski definition) is 2. The highest BCUT2D eigenvalue weighted by atomic mass is 35.5. The molecule has 2 saturated carbocycles. The van der Waals surface area contributed by atoms with Crippen LogP contribution in [0, 0.1) is 5.92 Å². The number of aromatic nitrogens is 1. The van der Waals surface area contributed by atoms with Gasteiger partial charge in [0.15, 0.2) is 0 Å². The minimum absolute atomic E-state index is 0.0110. The predicted octanol–water partition coefficient (Wildman–Crippen LogP) is 3.32. The minimum atomic E-state index is -3.84. The van der Waals surface area contributed by atoms with Crippen molar-refractivity contribution in [2.45, 2.75) is 75.0 Å². The summed E-state index contributed by atoms with van der Waals surface area (Å²) >= 11 is 6.25. The van der Waals surface area contributed by atoms with Crippen molar-refractivity contribution < 1.29 is 37.0 Å². The summed E-state index contributed by atoms with van der Waals surface area (Å²) in [5, 5.41) is 3.88. The monoisotopic (exact) mass is 634 g/mol. The molecule has 2 N–H and O–H groups in total. The van der Waals surface area contributed by atoms with E-state index in [-0.39, 0.29) is 25.3 Å². The number of benzene rings is 1. The Kier molecular flexibility index (Phi) is 8.01. The lowest BCUT2D eigenvalue weighted by Gasteiger charge is -2.29. The van der Waals surface area contributed by atoms with Crippen molar-refractivity contribution in [2.75, 3.05) is 13.7 Å². The van der Waals surface area contributed by atoms with Gasteiger partial charge in [0.2, 0.25) is 21.8 Å². The molecule has 2 aliphatic carbocycles. The Morgan fingerprint density at radius 2 is 1.93 bits per heavy atom. The molecule has 1 aromatic carbocycles. The van der Waals surface area contributed by atoms with Crippen LogP contribution in [-0.4, -0.2) is 78.4 Å². The molecular weight excluding hydrogens is 600 g/mol. The van der Waals surface area contributed by atoms with Crippen molar-refractivity contribution in [3.8, 4) is 11.6 Å². The third-order valence-electron chi connectivity index (χ3n) is 7.72. The summed E-state index contributed by atoms with van der Waals surface area (Å²) in [6, 6.07) is 4.10. The number of nitrogens with one attached hydrogen (secondary N) is 2. The highest BCUT2D eigenvalue weighted by Gasteiger charge is 2.62. The number of rotatable bonds is 9. The standard InChI is InChI=1S/C29H35ClN4O8S/c1-6-16-13-29(16,26(36)33-43(38,39)19-8-9-19)32-24(35)22-12-18(15-34(22)27(37)42-28(2,3)4)41-25-21-11-17(30)7-10-20(21)23(40-5)14-31-25/h6-7,10-11,14,16,18-19,22H,1,8-9,12-13,15H2,2-5H3,(H,32,35)(H,33,36). The van der Waals surface area contributed by atoms with Crippen LogP contribution >= 0.6 is 11.6 Å². The summed E-state index contributed by atoms with van der Waals surface area (Å²) in [5.74, 6) is -1.18. The zero-order chi connectivity index (χ0) is 31.3. The van der Waals surface area contributed by atoms with E-state index in [2.05, 4.69) is 21.6 Å². The van der Waals surface area contributed by atoms with Crippen LogP contribution in [0.1, 0.15) is 46.5 Å². The summed E-state index contributed by atoms with van der Waals surface area (Å²) in [6.45, 7) is 8.84. The number of pyridine rings is 1. The van der Waals surface area contributed by atoms with Gasteiger partial charge in [-0.25, -0.2) is 18.2 Å². The molecule has 2 aromatic rings. The average molecular weight is 635 g/mol. The molecule has 1 aromatic heterocycles. The van der Waals surface area contributed by atoms with Gasteiger partial charge in [-0.3, -0.25) is 19.2 Å². The maximum absolute atomic E-state index is 13.8. The molecule has 4 atom stereocenters. The summed E-state index contributed by atoms with van der Waals surface area (Å²) in [6.07, 6.45) is 2.78. The lowest BCUT2D eigenvalue weighted by molar-refractivity contribution is -0.131. The van der Waals surface area contributed by atoms with Gasteiger partial charge in [-0.1, -0.05) is 17.7 Å². The molecule has 5 rings (SSSR count). The first-order valence-corrected chi connectivity index (χ1v) is 15.9. The van der Waals surface area contributed by atoms with Crippen LogP contribution in [0.4, 0.5) is 4.79 Å². The van der Waals surface area contributed by atoms with Gasteiger partial charge in [-0.15, -0.1) is 6.58 Å². The number of halogens is 1. The summed E-state index contributed by atoms with van der Waals surface area (Å²) in [7, 11) is -2.32. The van der Waals surface area contributed by atoms with Crippen molar-refractivity contribution >= 4 is 50.3 Å². The zero-order valence-electron chi connectivity index (χ0n) is 24.4. The van der Waals surface area contributed by atoms with E-state index in [1.54, 1.807) is 39.0 Å². The van der Waals surface area contributed by atoms with Crippen molar-refractivity contribution in [3.63, 3.8) is 0 Å². The second kappa shape index (κ2) is 11.2. The molecule has 3 fully saturated rings. The fraction of sp³-hybridized carbons (Fsp3) is 0.517. The smallest absolute Gasteiger partial charge is 0.411 e. The molecule has 232 valence electrons. The van der Waals surface area contributed by atoms with Crippen molar-refractivity contribution in [1.82, 2.24) is 19.9 Å². The van der Waals surface area contributed by atoms with Crippen LogP contribution in [0.2, 0.25) is 5.02 Å². The summed E-state index contributed by atoms with van der Waals surface area (Å²) in [4.78, 5) is 45.9. The van der Waals surface area contributed by atoms with E-state index in [9.17, 15) is 22.8 Å². The third kappa shape index (κ3) is 6.37. The van der Waals surface area contributed by atoms with Crippen LogP contribution in [0.3, 0.4) is 0 Å². The van der Waals surface area contributed by atoms with Gasteiger partial charge in [-0.2, -0.15) is 0 Å². The minimum Gasteiger partial charge on any atom is -0.494 e. The number of sulfonamides is 1. The van der Waals surface area contributed by atoms with Crippen molar-refractivity contribution in [2.24, 2.45) is 5.92 Å². The molecule has 0 spiro atoms. The van der Waals surface area contributed by atoms with Gasteiger partial charge in [0.25, 0.3) is 5.91 Å². The molecule has 1 saturated heterocycles. The molecule has 2 heterocycles. The predicted molar refractivity (Wildman–Crippen MR) is 158 cm³/mol. The van der Waals surface area contributed by atoms with Crippen LogP contribution in [0.25, 0.3) is 10.8 Å². The van der Waals surface area contributed by atoms with E-state index >= 15 is 0 Å². The highest BCUT2D eigenvalue weighted by Crippen LogP contribution is 2.45. The molecule has 14 heteroatoms. The van der Waals surface area contributed by atoms with Crippen LogP contribution < -0.4 is 19.5 Å². The second-order valence-electron chi connectivity index (χ2n) is 12.1. The molecule has 3 aliphatic rings. The second-order valence-corrected chi connectivity index (χ2v) is 14.5. The first-order valence-electron chi connectivity index (χ1n) is 14.0. The first-order chi connectivity index (χ1) is 20.2. The fourth-order valence-corrected chi connectivity index (χ4v) is 6.79. The van der Waals surface area contributed by atoms with Crippen molar-refractivity contribution in [1.29, 1.82) is 0 Å². The normalized spacial score (nSPS) is 25.1.